The minimum absolute atomic E-state index is 0.319. The Morgan fingerprint density at radius 3 is 2.66 bits per heavy atom. The average molecular weight is 419 g/mol. The van der Waals surface area contributed by atoms with Crippen molar-refractivity contribution in [3.05, 3.63) is 53.2 Å². The minimum Gasteiger partial charge on any atom is -0.490 e. The zero-order valence-corrected chi connectivity index (χ0v) is 17.1. The van der Waals surface area contributed by atoms with Gasteiger partial charge in [-0.3, -0.25) is 4.79 Å². The molecule has 0 saturated carbocycles. The Hall–Kier alpha value is -3.06. The lowest BCUT2D eigenvalue weighted by Gasteiger charge is -2.12. The van der Waals surface area contributed by atoms with Crippen LogP contribution in [-0.2, 0) is 14.3 Å². The molecule has 29 heavy (non-hydrogen) atoms. The Morgan fingerprint density at radius 1 is 1.14 bits per heavy atom. The van der Waals surface area contributed by atoms with Crippen molar-refractivity contribution in [3.63, 3.8) is 0 Å². The lowest BCUT2D eigenvalue weighted by molar-refractivity contribution is -0.142. The SMILES string of the molecule is CCCOc1ccc(/C=C/C(=O)OCC(=O)Nc2ccc(Cl)cn2)cc1OCC. The van der Waals surface area contributed by atoms with Crippen LogP contribution in [0.3, 0.4) is 0 Å². The number of pyridine rings is 1. The molecule has 1 aromatic heterocycles. The van der Waals surface area contributed by atoms with Crippen LogP contribution in [-0.4, -0.2) is 36.7 Å². The first-order valence-electron chi connectivity index (χ1n) is 9.17. The molecule has 0 aliphatic heterocycles. The highest BCUT2D eigenvalue weighted by Gasteiger charge is 2.08. The van der Waals surface area contributed by atoms with Crippen molar-refractivity contribution >= 4 is 35.4 Å². The molecule has 8 heteroatoms. The molecule has 154 valence electrons. The number of nitrogens with zero attached hydrogens (tertiary/aromatic N) is 1. The van der Waals surface area contributed by atoms with E-state index in [1.54, 1.807) is 36.4 Å². The lowest BCUT2D eigenvalue weighted by Crippen LogP contribution is -2.20. The third-order valence-electron chi connectivity index (χ3n) is 3.48. The first-order valence-corrected chi connectivity index (χ1v) is 9.55. The summed E-state index contributed by atoms with van der Waals surface area (Å²) in [5.74, 6) is 0.429. The van der Waals surface area contributed by atoms with Gasteiger partial charge < -0.3 is 19.5 Å². The van der Waals surface area contributed by atoms with Crippen LogP contribution in [0.25, 0.3) is 6.08 Å². The molecule has 0 spiro atoms. The van der Waals surface area contributed by atoms with Crippen LogP contribution >= 0.6 is 11.6 Å². The zero-order chi connectivity index (χ0) is 21.1. The number of hydrogen-bond acceptors (Lipinski definition) is 6. The highest BCUT2D eigenvalue weighted by atomic mass is 35.5. The summed E-state index contributed by atoms with van der Waals surface area (Å²) in [7, 11) is 0. The van der Waals surface area contributed by atoms with Gasteiger partial charge in [0.1, 0.15) is 5.82 Å². The molecule has 2 rings (SSSR count). The Balaban J connectivity index is 1.88. The molecule has 0 radical (unpaired) electrons. The van der Waals surface area contributed by atoms with Gasteiger partial charge in [-0.2, -0.15) is 0 Å². The van der Waals surface area contributed by atoms with E-state index in [4.69, 9.17) is 25.8 Å². The Morgan fingerprint density at radius 2 is 1.97 bits per heavy atom. The molecule has 2 aromatic rings. The molecule has 1 N–H and O–H groups in total. The summed E-state index contributed by atoms with van der Waals surface area (Å²) < 4.78 is 16.2. The van der Waals surface area contributed by atoms with Crippen molar-refractivity contribution in [1.29, 1.82) is 0 Å². The molecule has 0 aliphatic rings. The Kier molecular flexibility index (Phi) is 8.98. The van der Waals surface area contributed by atoms with Gasteiger partial charge in [0.2, 0.25) is 0 Å². The second-order valence-electron chi connectivity index (χ2n) is 5.84. The second kappa shape index (κ2) is 11.7. The van der Waals surface area contributed by atoms with Crippen molar-refractivity contribution < 1.29 is 23.8 Å². The second-order valence-corrected chi connectivity index (χ2v) is 6.27. The van der Waals surface area contributed by atoms with E-state index in [0.29, 0.717) is 35.6 Å². The van der Waals surface area contributed by atoms with Crippen molar-refractivity contribution in [1.82, 2.24) is 4.98 Å². The number of rotatable bonds is 10. The largest absolute Gasteiger partial charge is 0.490 e. The van der Waals surface area contributed by atoms with Gasteiger partial charge in [-0.05, 0) is 49.2 Å². The zero-order valence-electron chi connectivity index (χ0n) is 16.3. The van der Waals surface area contributed by atoms with E-state index >= 15 is 0 Å². The number of hydrogen-bond donors (Lipinski definition) is 1. The lowest BCUT2D eigenvalue weighted by atomic mass is 10.2. The molecule has 0 aliphatic carbocycles. The van der Waals surface area contributed by atoms with Gasteiger partial charge in [-0.15, -0.1) is 0 Å². The van der Waals surface area contributed by atoms with Gasteiger partial charge in [0.05, 0.1) is 18.2 Å². The fourth-order valence-electron chi connectivity index (χ4n) is 2.21. The van der Waals surface area contributed by atoms with Crippen LogP contribution in [0.2, 0.25) is 5.02 Å². The molecular formula is C21H23ClN2O5. The number of carbonyl (C=O) groups excluding carboxylic acids is 2. The van der Waals surface area contributed by atoms with Gasteiger partial charge in [0.25, 0.3) is 5.91 Å². The van der Waals surface area contributed by atoms with Crippen molar-refractivity contribution in [2.24, 2.45) is 0 Å². The number of carbonyl (C=O) groups is 2. The summed E-state index contributed by atoms with van der Waals surface area (Å²) in [4.78, 5) is 27.6. The topological polar surface area (TPSA) is 86.8 Å². The normalized spacial score (nSPS) is 10.6. The number of amides is 1. The highest BCUT2D eigenvalue weighted by Crippen LogP contribution is 2.29. The first kappa shape index (κ1) is 22.2. The summed E-state index contributed by atoms with van der Waals surface area (Å²) in [5.41, 5.74) is 0.740. The third kappa shape index (κ3) is 7.83. The molecule has 0 unspecified atom stereocenters. The van der Waals surface area contributed by atoms with Gasteiger partial charge in [-0.25, -0.2) is 9.78 Å². The van der Waals surface area contributed by atoms with Gasteiger partial charge in [0.15, 0.2) is 18.1 Å². The summed E-state index contributed by atoms with van der Waals surface area (Å²) >= 11 is 5.73. The van der Waals surface area contributed by atoms with Gasteiger partial charge in [-0.1, -0.05) is 24.6 Å². The number of anilines is 1. The molecule has 0 saturated heterocycles. The first-order chi connectivity index (χ1) is 14.0. The number of nitrogens with one attached hydrogen (secondary N) is 1. The standard InChI is InChI=1S/C21H23ClN2O5/c1-3-11-28-17-8-5-15(12-18(17)27-4-2)6-10-21(26)29-14-20(25)24-19-9-7-16(22)13-23-19/h5-10,12-13H,3-4,11,14H2,1-2H3,(H,23,24,25)/b10-6+. The van der Waals surface area contributed by atoms with Gasteiger partial charge >= 0.3 is 5.97 Å². The van der Waals surface area contributed by atoms with Crippen LogP contribution in [0.4, 0.5) is 5.82 Å². The molecule has 1 amide bonds. The summed E-state index contributed by atoms with van der Waals surface area (Å²) in [5, 5.41) is 2.96. The van der Waals surface area contributed by atoms with Gasteiger partial charge in [0, 0.05) is 12.3 Å². The predicted octanol–water partition coefficient (Wildman–Crippen LogP) is 4.12. The summed E-state index contributed by atoms with van der Waals surface area (Å²) in [6, 6.07) is 8.51. The Labute approximate surface area is 174 Å². The monoisotopic (exact) mass is 418 g/mol. The van der Waals surface area contributed by atoms with Crippen molar-refractivity contribution in [2.75, 3.05) is 25.1 Å². The van der Waals surface area contributed by atoms with E-state index in [0.717, 1.165) is 12.0 Å². The third-order valence-corrected chi connectivity index (χ3v) is 3.71. The predicted molar refractivity (Wildman–Crippen MR) is 111 cm³/mol. The van der Waals surface area contributed by atoms with E-state index in [2.05, 4.69) is 10.3 Å². The van der Waals surface area contributed by atoms with E-state index in [-0.39, 0.29) is 0 Å². The van der Waals surface area contributed by atoms with Crippen LogP contribution in [0.15, 0.2) is 42.6 Å². The average Bonchev–Trinajstić information content (AvgIpc) is 2.72. The maximum Gasteiger partial charge on any atom is 0.331 e. The maximum absolute atomic E-state index is 11.9. The van der Waals surface area contributed by atoms with Crippen molar-refractivity contribution in [2.45, 2.75) is 20.3 Å². The van der Waals surface area contributed by atoms with Crippen molar-refractivity contribution in [3.8, 4) is 11.5 Å². The van der Waals surface area contributed by atoms with Crippen LogP contribution in [0.5, 0.6) is 11.5 Å². The molecule has 1 aromatic carbocycles. The number of ether oxygens (including phenoxy) is 3. The van der Waals surface area contributed by atoms with Crippen LogP contribution in [0.1, 0.15) is 25.8 Å². The van der Waals surface area contributed by atoms with Crippen LogP contribution in [0, 0.1) is 0 Å². The Bertz CT molecular complexity index is 853. The molecule has 0 bridgehead atoms. The van der Waals surface area contributed by atoms with Crippen LogP contribution < -0.4 is 14.8 Å². The fourth-order valence-corrected chi connectivity index (χ4v) is 2.32. The molecular weight excluding hydrogens is 396 g/mol. The van der Waals surface area contributed by atoms with E-state index in [1.807, 2.05) is 13.8 Å². The summed E-state index contributed by atoms with van der Waals surface area (Å²) in [6.45, 7) is 4.56. The quantitative estimate of drug-likeness (QED) is 0.461. The number of esters is 1. The molecule has 1 heterocycles. The number of halogens is 1. The maximum atomic E-state index is 11.9. The fraction of sp³-hybridized carbons (Fsp3) is 0.286. The highest BCUT2D eigenvalue weighted by molar-refractivity contribution is 6.30. The van der Waals surface area contributed by atoms with E-state index in [9.17, 15) is 9.59 Å². The number of aromatic nitrogens is 1. The molecule has 0 fully saturated rings. The molecule has 7 nitrogen and oxygen atoms in total. The summed E-state index contributed by atoms with van der Waals surface area (Å²) in [6.07, 6.45) is 5.11. The van der Waals surface area contributed by atoms with E-state index < -0.39 is 18.5 Å². The smallest absolute Gasteiger partial charge is 0.331 e. The minimum atomic E-state index is -0.645. The molecule has 0 atom stereocenters. The van der Waals surface area contributed by atoms with E-state index in [1.165, 1.54) is 12.3 Å². The number of benzene rings is 1.